The predicted octanol–water partition coefficient (Wildman–Crippen LogP) is 2.85. The zero-order valence-electron chi connectivity index (χ0n) is 11.8. The molecule has 0 unspecified atom stereocenters. The van der Waals surface area contributed by atoms with E-state index in [4.69, 9.17) is 4.74 Å². The third kappa shape index (κ3) is 3.95. The lowest BCUT2D eigenvalue weighted by Gasteiger charge is -2.10. The van der Waals surface area contributed by atoms with E-state index in [1.807, 2.05) is 12.1 Å². The summed E-state index contributed by atoms with van der Waals surface area (Å²) in [7, 11) is -1.77. The summed E-state index contributed by atoms with van der Waals surface area (Å²) in [4.78, 5) is 0.0844. The number of halogens is 1. The van der Waals surface area contributed by atoms with Gasteiger partial charge in [-0.3, -0.25) is 0 Å². The summed E-state index contributed by atoms with van der Waals surface area (Å²) in [5.41, 5.74) is 1.09. The Balaban J connectivity index is 2.15. The Labute approximate surface area is 123 Å². The molecule has 21 heavy (non-hydrogen) atoms. The summed E-state index contributed by atoms with van der Waals surface area (Å²) in [6.45, 7) is 0.383. The molecule has 0 aliphatic rings. The zero-order chi connectivity index (χ0) is 15.5. The van der Waals surface area contributed by atoms with Crippen molar-refractivity contribution in [1.82, 2.24) is 0 Å². The summed E-state index contributed by atoms with van der Waals surface area (Å²) in [6.07, 6.45) is 1.09. The van der Waals surface area contributed by atoms with Crippen molar-refractivity contribution in [2.75, 3.05) is 18.7 Å². The Hall–Kier alpha value is -2.08. The minimum Gasteiger partial charge on any atom is -0.497 e. The van der Waals surface area contributed by atoms with E-state index in [0.717, 1.165) is 23.6 Å². The molecule has 1 N–H and O–H groups in total. The number of methoxy groups -OCH3 is 1. The van der Waals surface area contributed by atoms with Gasteiger partial charge in [0.1, 0.15) is 11.6 Å². The van der Waals surface area contributed by atoms with Crippen molar-refractivity contribution in [3.63, 3.8) is 0 Å². The Morgan fingerprint density at radius 2 is 1.81 bits per heavy atom. The van der Waals surface area contributed by atoms with E-state index in [1.54, 1.807) is 19.2 Å². The molecule has 112 valence electrons. The van der Waals surface area contributed by atoms with Crippen LogP contribution in [0.15, 0.2) is 47.4 Å². The molecule has 0 heterocycles. The highest BCUT2D eigenvalue weighted by Gasteiger charge is 2.10. The summed E-state index contributed by atoms with van der Waals surface area (Å²) in [5.74, 6) is 0.250. The molecule has 0 amide bonds. The van der Waals surface area contributed by atoms with Crippen LogP contribution < -0.4 is 10.1 Å². The molecule has 0 atom stereocenters. The highest BCUT2D eigenvalue weighted by molar-refractivity contribution is 7.90. The fourth-order valence-corrected chi connectivity index (χ4v) is 2.46. The lowest BCUT2D eigenvalue weighted by Crippen LogP contribution is -2.04. The van der Waals surface area contributed by atoms with E-state index in [2.05, 4.69) is 5.32 Å². The van der Waals surface area contributed by atoms with Gasteiger partial charge in [0.05, 0.1) is 17.7 Å². The number of anilines is 1. The van der Waals surface area contributed by atoms with Gasteiger partial charge in [0.2, 0.25) is 0 Å². The lowest BCUT2D eigenvalue weighted by molar-refractivity contribution is 0.414. The predicted molar refractivity (Wildman–Crippen MR) is 79.8 cm³/mol. The number of hydrogen-bond acceptors (Lipinski definition) is 4. The monoisotopic (exact) mass is 309 g/mol. The van der Waals surface area contributed by atoms with Crippen LogP contribution in [-0.4, -0.2) is 21.8 Å². The SMILES string of the molecule is COc1ccc(CNc2cc(S(C)(=O)=O)ccc2F)cc1. The molecule has 4 nitrogen and oxygen atoms in total. The van der Waals surface area contributed by atoms with Crippen LogP contribution in [0.4, 0.5) is 10.1 Å². The van der Waals surface area contributed by atoms with Crippen molar-refractivity contribution >= 4 is 15.5 Å². The van der Waals surface area contributed by atoms with Gasteiger partial charge >= 0.3 is 0 Å². The van der Waals surface area contributed by atoms with Crippen LogP contribution in [0, 0.1) is 5.82 Å². The van der Waals surface area contributed by atoms with Gasteiger partial charge in [0.25, 0.3) is 0 Å². The molecule has 0 bridgehead atoms. The minimum atomic E-state index is -3.36. The summed E-state index contributed by atoms with van der Waals surface area (Å²) in [5, 5.41) is 2.90. The molecule has 0 aliphatic carbocycles. The lowest BCUT2D eigenvalue weighted by atomic mass is 10.2. The van der Waals surface area contributed by atoms with Gasteiger partial charge in [-0.15, -0.1) is 0 Å². The van der Waals surface area contributed by atoms with Crippen molar-refractivity contribution in [3.8, 4) is 5.75 Å². The molecule has 6 heteroatoms. The maximum Gasteiger partial charge on any atom is 0.175 e. The van der Waals surface area contributed by atoms with Crippen LogP contribution in [0.2, 0.25) is 0 Å². The highest BCUT2D eigenvalue weighted by atomic mass is 32.2. The number of sulfone groups is 1. The van der Waals surface area contributed by atoms with Crippen LogP contribution >= 0.6 is 0 Å². The Kier molecular flexibility index (Phi) is 4.47. The average Bonchev–Trinajstić information content (AvgIpc) is 2.45. The van der Waals surface area contributed by atoms with Gasteiger partial charge < -0.3 is 10.1 Å². The van der Waals surface area contributed by atoms with Gasteiger partial charge in [-0.2, -0.15) is 0 Å². The van der Waals surface area contributed by atoms with E-state index in [0.29, 0.717) is 6.54 Å². The molecule has 0 aliphatic heterocycles. The second kappa shape index (κ2) is 6.13. The van der Waals surface area contributed by atoms with Gasteiger partial charge in [0.15, 0.2) is 9.84 Å². The molecular weight excluding hydrogens is 293 g/mol. The second-order valence-electron chi connectivity index (χ2n) is 4.62. The first-order valence-electron chi connectivity index (χ1n) is 6.26. The molecule has 2 aromatic rings. The van der Waals surface area contributed by atoms with Gasteiger partial charge in [-0.05, 0) is 35.9 Å². The molecular formula is C15H16FNO3S. The third-order valence-corrected chi connectivity index (χ3v) is 4.12. The summed E-state index contributed by atoms with van der Waals surface area (Å²) >= 11 is 0. The topological polar surface area (TPSA) is 55.4 Å². The fraction of sp³-hybridized carbons (Fsp3) is 0.200. The van der Waals surface area contributed by atoms with Crippen molar-refractivity contribution in [2.45, 2.75) is 11.4 Å². The van der Waals surface area contributed by atoms with Crippen LogP contribution in [-0.2, 0) is 16.4 Å². The average molecular weight is 309 g/mol. The first kappa shape index (κ1) is 15.3. The van der Waals surface area contributed by atoms with E-state index in [9.17, 15) is 12.8 Å². The van der Waals surface area contributed by atoms with Crippen LogP contribution in [0.5, 0.6) is 5.75 Å². The van der Waals surface area contributed by atoms with Gasteiger partial charge in [-0.25, -0.2) is 12.8 Å². The minimum absolute atomic E-state index is 0.0844. The quantitative estimate of drug-likeness (QED) is 0.863. The van der Waals surface area contributed by atoms with E-state index < -0.39 is 15.7 Å². The number of benzene rings is 2. The van der Waals surface area contributed by atoms with Crippen molar-refractivity contribution < 1.29 is 17.5 Å². The van der Waals surface area contributed by atoms with Crippen molar-refractivity contribution in [2.24, 2.45) is 0 Å². The van der Waals surface area contributed by atoms with Gasteiger partial charge in [-0.1, -0.05) is 12.1 Å². The molecule has 0 fully saturated rings. The normalized spacial score (nSPS) is 11.2. The smallest absolute Gasteiger partial charge is 0.175 e. The first-order valence-corrected chi connectivity index (χ1v) is 8.15. The van der Waals surface area contributed by atoms with Crippen LogP contribution in [0.3, 0.4) is 0 Å². The molecule has 0 saturated heterocycles. The molecule has 2 aromatic carbocycles. The van der Waals surface area contributed by atoms with E-state index in [-0.39, 0.29) is 10.6 Å². The molecule has 0 radical (unpaired) electrons. The zero-order valence-corrected chi connectivity index (χ0v) is 12.6. The first-order chi connectivity index (χ1) is 9.90. The number of nitrogens with one attached hydrogen (secondary N) is 1. The Morgan fingerprint density at radius 1 is 1.14 bits per heavy atom. The van der Waals surface area contributed by atoms with Gasteiger partial charge in [0, 0.05) is 12.8 Å². The van der Waals surface area contributed by atoms with E-state index >= 15 is 0 Å². The van der Waals surface area contributed by atoms with Crippen LogP contribution in [0.1, 0.15) is 5.56 Å². The molecule has 2 rings (SSSR count). The van der Waals surface area contributed by atoms with E-state index in [1.165, 1.54) is 12.1 Å². The second-order valence-corrected chi connectivity index (χ2v) is 6.63. The van der Waals surface area contributed by atoms with Crippen molar-refractivity contribution in [3.05, 3.63) is 53.8 Å². The Bertz CT molecular complexity index is 727. The fourth-order valence-electron chi connectivity index (χ4n) is 1.81. The molecule has 0 saturated carbocycles. The van der Waals surface area contributed by atoms with Crippen LogP contribution in [0.25, 0.3) is 0 Å². The molecule has 0 spiro atoms. The largest absolute Gasteiger partial charge is 0.497 e. The standard InChI is InChI=1S/C15H16FNO3S/c1-20-12-5-3-11(4-6-12)10-17-15-9-13(21(2,18)19)7-8-14(15)16/h3-9,17H,10H2,1-2H3. The number of rotatable bonds is 5. The number of hydrogen-bond donors (Lipinski definition) is 1. The molecule has 0 aromatic heterocycles. The third-order valence-electron chi connectivity index (χ3n) is 3.01. The summed E-state index contributed by atoms with van der Waals surface area (Å²) in [6, 6.07) is 11.0. The summed E-state index contributed by atoms with van der Waals surface area (Å²) < 4.78 is 41.7. The van der Waals surface area contributed by atoms with Crippen molar-refractivity contribution in [1.29, 1.82) is 0 Å². The maximum absolute atomic E-state index is 13.7. The maximum atomic E-state index is 13.7. The Morgan fingerprint density at radius 3 is 2.38 bits per heavy atom. The number of ether oxygens (including phenoxy) is 1. The highest BCUT2D eigenvalue weighted by Crippen LogP contribution is 2.20.